The van der Waals surface area contributed by atoms with Crippen molar-refractivity contribution in [3.8, 4) is 11.3 Å². The molecule has 0 spiro atoms. The number of carbonyl (C=O) groups is 1. The molecule has 2 aromatic carbocycles. The summed E-state index contributed by atoms with van der Waals surface area (Å²) in [4.78, 5) is 18.1. The molecule has 0 bridgehead atoms. The highest BCUT2D eigenvalue weighted by molar-refractivity contribution is 9.10. The Morgan fingerprint density at radius 3 is 2.42 bits per heavy atom. The molecule has 1 atom stereocenters. The van der Waals surface area contributed by atoms with Gasteiger partial charge in [0.15, 0.2) is 0 Å². The molecule has 0 fully saturated rings. The monoisotopic (exact) mass is 480 g/mol. The van der Waals surface area contributed by atoms with Crippen LogP contribution >= 0.6 is 15.9 Å². The summed E-state index contributed by atoms with van der Waals surface area (Å²) in [5, 5.41) is 4.06. The number of hydrogen-bond acceptors (Lipinski definition) is 2. The Balaban J connectivity index is 1.98. The fraction of sp³-hybridized carbons (Fsp3) is 0.407. The van der Waals surface area contributed by atoms with Gasteiger partial charge in [0.05, 0.1) is 16.8 Å². The number of aromatic nitrogens is 1. The number of nitrogens with zero attached hydrogens (tertiary/aromatic N) is 1. The van der Waals surface area contributed by atoms with Crippen LogP contribution in [0.1, 0.15) is 76.2 Å². The number of amides is 1. The number of nitrogens with one attached hydrogen (secondary N) is 1. The number of fused-ring (bicyclic) bond motifs is 1. The van der Waals surface area contributed by atoms with Crippen molar-refractivity contribution in [1.29, 1.82) is 0 Å². The molecule has 3 aromatic rings. The number of hydrogen-bond donors (Lipinski definition) is 1. The molecule has 0 unspecified atom stereocenters. The fourth-order valence-electron chi connectivity index (χ4n) is 3.75. The van der Waals surface area contributed by atoms with Gasteiger partial charge in [-0.3, -0.25) is 4.79 Å². The molecule has 0 aliphatic carbocycles. The summed E-state index contributed by atoms with van der Waals surface area (Å²) in [5.41, 5.74) is 4.70. The van der Waals surface area contributed by atoms with Crippen LogP contribution in [0.15, 0.2) is 53.0 Å². The van der Waals surface area contributed by atoms with Crippen molar-refractivity contribution in [2.75, 3.05) is 0 Å². The Kier molecular flexibility index (Phi) is 7.53. The average Bonchev–Trinajstić information content (AvgIpc) is 2.72. The van der Waals surface area contributed by atoms with Crippen molar-refractivity contribution in [1.82, 2.24) is 10.3 Å². The van der Waals surface area contributed by atoms with E-state index in [4.69, 9.17) is 4.98 Å². The zero-order valence-electron chi connectivity index (χ0n) is 19.3. The maximum atomic E-state index is 13.2. The van der Waals surface area contributed by atoms with E-state index in [1.165, 1.54) is 18.4 Å². The Bertz CT molecular complexity index is 1050. The molecular formula is C27H33BrN2O. The molecule has 1 aromatic heterocycles. The number of pyridine rings is 1. The van der Waals surface area contributed by atoms with Gasteiger partial charge in [-0.2, -0.15) is 0 Å². The van der Waals surface area contributed by atoms with Crippen molar-refractivity contribution in [3.63, 3.8) is 0 Å². The molecule has 31 heavy (non-hydrogen) atoms. The fourth-order valence-corrected chi connectivity index (χ4v) is 4.11. The maximum Gasteiger partial charge on any atom is 0.252 e. The van der Waals surface area contributed by atoms with Gasteiger partial charge in [-0.1, -0.05) is 87.2 Å². The van der Waals surface area contributed by atoms with Crippen molar-refractivity contribution >= 4 is 32.7 Å². The van der Waals surface area contributed by atoms with E-state index in [0.29, 0.717) is 5.56 Å². The highest BCUT2D eigenvalue weighted by Gasteiger charge is 2.17. The molecular weight excluding hydrogens is 448 g/mol. The third-order valence-corrected chi connectivity index (χ3v) is 6.17. The molecule has 164 valence electrons. The van der Waals surface area contributed by atoms with E-state index >= 15 is 0 Å². The van der Waals surface area contributed by atoms with Crippen LogP contribution in [-0.4, -0.2) is 16.9 Å². The van der Waals surface area contributed by atoms with Crippen molar-refractivity contribution < 1.29 is 4.79 Å². The molecule has 4 heteroatoms. The van der Waals surface area contributed by atoms with Crippen LogP contribution < -0.4 is 5.32 Å². The summed E-state index contributed by atoms with van der Waals surface area (Å²) in [7, 11) is 0. The van der Waals surface area contributed by atoms with Gasteiger partial charge in [-0.25, -0.2) is 4.98 Å². The van der Waals surface area contributed by atoms with E-state index in [2.05, 4.69) is 80.1 Å². The molecule has 0 saturated carbocycles. The Morgan fingerprint density at radius 2 is 1.77 bits per heavy atom. The van der Waals surface area contributed by atoms with E-state index in [1.807, 2.05) is 24.3 Å². The topological polar surface area (TPSA) is 42.0 Å². The molecule has 1 N–H and O–H groups in total. The minimum atomic E-state index is -0.0398. The molecule has 1 heterocycles. The second-order valence-electron chi connectivity index (χ2n) is 9.41. The van der Waals surface area contributed by atoms with Crippen molar-refractivity contribution in [2.45, 2.75) is 71.8 Å². The van der Waals surface area contributed by atoms with E-state index in [-0.39, 0.29) is 17.4 Å². The van der Waals surface area contributed by atoms with Crippen LogP contribution in [-0.2, 0) is 5.41 Å². The third-order valence-electron chi connectivity index (χ3n) is 5.68. The molecule has 0 aliphatic heterocycles. The van der Waals surface area contributed by atoms with Gasteiger partial charge in [0.1, 0.15) is 0 Å². The number of unbranched alkanes of at least 4 members (excludes halogenated alkanes) is 2. The van der Waals surface area contributed by atoms with E-state index in [9.17, 15) is 4.79 Å². The standard InChI is InChI=1S/C27H33BrN2O/c1-6-7-8-9-18(2)29-26(31)23-17-25(30-24-15-14-21(28)16-22(23)24)19-10-12-20(13-11-19)27(3,4)5/h10-18H,6-9H2,1-5H3,(H,29,31)/t18-/m1/s1. The van der Waals surface area contributed by atoms with Crippen LogP contribution in [0.5, 0.6) is 0 Å². The second-order valence-corrected chi connectivity index (χ2v) is 10.3. The molecule has 1 amide bonds. The summed E-state index contributed by atoms with van der Waals surface area (Å²) in [5.74, 6) is -0.0398. The summed E-state index contributed by atoms with van der Waals surface area (Å²) in [6.07, 6.45) is 4.50. The lowest BCUT2D eigenvalue weighted by molar-refractivity contribution is 0.0939. The Morgan fingerprint density at radius 1 is 1.06 bits per heavy atom. The lowest BCUT2D eigenvalue weighted by Gasteiger charge is -2.19. The number of carbonyl (C=O) groups excluding carboxylic acids is 1. The normalized spacial score (nSPS) is 12.7. The summed E-state index contributed by atoms with van der Waals surface area (Å²) >= 11 is 3.54. The van der Waals surface area contributed by atoms with Gasteiger partial charge >= 0.3 is 0 Å². The van der Waals surface area contributed by atoms with Crippen LogP contribution in [0.25, 0.3) is 22.2 Å². The molecule has 3 rings (SSSR count). The smallest absolute Gasteiger partial charge is 0.252 e. The molecule has 3 nitrogen and oxygen atoms in total. The predicted molar refractivity (Wildman–Crippen MR) is 135 cm³/mol. The van der Waals surface area contributed by atoms with Gasteiger partial charge in [0, 0.05) is 21.5 Å². The quantitative estimate of drug-likeness (QED) is 0.352. The van der Waals surface area contributed by atoms with Gasteiger partial charge in [-0.15, -0.1) is 0 Å². The number of benzene rings is 2. The van der Waals surface area contributed by atoms with Crippen LogP contribution in [0.2, 0.25) is 0 Å². The van der Waals surface area contributed by atoms with Crippen molar-refractivity contribution in [2.24, 2.45) is 0 Å². The average molecular weight is 481 g/mol. The highest BCUT2D eigenvalue weighted by Crippen LogP contribution is 2.29. The molecule has 0 radical (unpaired) electrons. The third kappa shape index (κ3) is 5.94. The van der Waals surface area contributed by atoms with E-state index in [1.54, 1.807) is 0 Å². The second kappa shape index (κ2) is 9.95. The van der Waals surface area contributed by atoms with E-state index < -0.39 is 0 Å². The zero-order chi connectivity index (χ0) is 22.6. The Labute approximate surface area is 194 Å². The van der Waals surface area contributed by atoms with Crippen LogP contribution in [0.4, 0.5) is 0 Å². The summed E-state index contributed by atoms with van der Waals surface area (Å²) < 4.78 is 0.939. The summed E-state index contributed by atoms with van der Waals surface area (Å²) in [6.45, 7) is 10.9. The predicted octanol–water partition coefficient (Wildman–Crippen LogP) is 7.66. The lowest BCUT2D eigenvalue weighted by atomic mass is 9.86. The first-order chi connectivity index (χ1) is 14.7. The first kappa shape index (κ1) is 23.5. The summed E-state index contributed by atoms with van der Waals surface area (Å²) in [6, 6.07) is 16.5. The minimum Gasteiger partial charge on any atom is -0.350 e. The maximum absolute atomic E-state index is 13.2. The van der Waals surface area contributed by atoms with E-state index in [0.717, 1.165) is 39.5 Å². The highest BCUT2D eigenvalue weighted by atomic mass is 79.9. The Hall–Kier alpha value is -2.20. The van der Waals surface area contributed by atoms with Gasteiger partial charge in [-0.05, 0) is 48.6 Å². The minimum absolute atomic E-state index is 0.0398. The van der Waals surface area contributed by atoms with Crippen LogP contribution in [0.3, 0.4) is 0 Å². The van der Waals surface area contributed by atoms with Gasteiger partial charge in [0.2, 0.25) is 0 Å². The van der Waals surface area contributed by atoms with Gasteiger partial charge in [0.25, 0.3) is 5.91 Å². The number of rotatable bonds is 7. The SMILES string of the molecule is CCCCC[C@@H](C)NC(=O)c1cc(-c2ccc(C(C)(C)C)cc2)nc2ccc(Br)cc12. The zero-order valence-corrected chi connectivity index (χ0v) is 20.8. The first-order valence-electron chi connectivity index (χ1n) is 11.2. The molecule has 0 saturated heterocycles. The first-order valence-corrected chi connectivity index (χ1v) is 12.0. The number of halogens is 1. The van der Waals surface area contributed by atoms with Gasteiger partial charge < -0.3 is 5.32 Å². The largest absolute Gasteiger partial charge is 0.350 e. The lowest BCUT2D eigenvalue weighted by Crippen LogP contribution is -2.32. The van der Waals surface area contributed by atoms with Crippen LogP contribution in [0, 0.1) is 0 Å². The van der Waals surface area contributed by atoms with Crippen molar-refractivity contribution in [3.05, 3.63) is 64.1 Å². The molecule has 0 aliphatic rings.